The number of rotatable bonds is 4. The molecule has 0 rings (SSSR count). The van der Waals surface area contributed by atoms with Crippen LogP contribution in [0.15, 0.2) is 0 Å². The van der Waals surface area contributed by atoms with E-state index in [-0.39, 0.29) is 5.75 Å². The number of hydrogen-bond acceptors (Lipinski definition) is 3. The molecule has 9 heavy (non-hydrogen) atoms. The molecule has 0 fully saturated rings. The quantitative estimate of drug-likeness (QED) is 0.409. The topological polar surface area (TPSA) is 49.3 Å². The molecule has 3 nitrogen and oxygen atoms in total. The summed E-state index contributed by atoms with van der Waals surface area (Å²) in [5.41, 5.74) is 0. The summed E-state index contributed by atoms with van der Waals surface area (Å²) < 4.78 is 0. The fraction of sp³-hybridized carbons (Fsp3) is 0.500. The Balaban J connectivity index is 3.67. The van der Waals surface area contributed by atoms with Crippen molar-refractivity contribution in [2.45, 2.75) is 6.04 Å². The van der Waals surface area contributed by atoms with Gasteiger partial charge in [-0.05, 0) is 0 Å². The van der Waals surface area contributed by atoms with Crippen LogP contribution in [0.4, 0.5) is 0 Å². The molecule has 0 saturated carbocycles. The molecule has 5 heteroatoms. The molecule has 0 aliphatic carbocycles. The third kappa shape index (κ3) is 3.56. The summed E-state index contributed by atoms with van der Waals surface area (Å²) in [6.07, 6.45) is 0. The van der Waals surface area contributed by atoms with Crippen molar-refractivity contribution in [3.8, 4) is 0 Å². The second-order valence-electron chi connectivity index (χ2n) is 1.36. The zero-order valence-corrected chi connectivity index (χ0v) is 7.18. The average Bonchev–Trinajstić information content (AvgIpc) is 1.82. The summed E-state index contributed by atoms with van der Waals surface area (Å²) in [6, 6.07) is -0.588. The normalized spacial score (nSPS) is 12.1. The molecule has 0 aromatic carbocycles. The molecule has 0 amide bonds. The minimum absolute atomic E-state index is 0.285. The third-order valence-electron chi connectivity index (χ3n) is 0.750. The van der Waals surface area contributed by atoms with Gasteiger partial charge in [0.05, 0.1) is 0 Å². The van der Waals surface area contributed by atoms with Crippen molar-refractivity contribution in [1.82, 2.24) is 5.32 Å². The first kappa shape index (κ1) is 9.01. The molecule has 2 N–H and O–H groups in total. The number of hydrogen-bond donors (Lipinski definition) is 3. The van der Waals surface area contributed by atoms with Crippen LogP contribution in [0.3, 0.4) is 0 Å². The number of aliphatic carboxylic acids is 1. The predicted molar refractivity (Wildman–Crippen MR) is 40.2 cm³/mol. The molecule has 0 saturated heterocycles. The summed E-state index contributed by atoms with van der Waals surface area (Å²) in [6.45, 7) is 0. The second-order valence-corrected chi connectivity index (χ2v) is 2.22. The van der Waals surface area contributed by atoms with Crippen LogP contribution < -0.4 is 5.32 Å². The minimum atomic E-state index is -0.892. The number of thiol groups is 1. The van der Waals surface area contributed by atoms with Gasteiger partial charge < -0.3 is 0 Å². The van der Waals surface area contributed by atoms with Gasteiger partial charge in [-0.25, -0.2) is 0 Å². The molecule has 1 atom stereocenters. The Labute approximate surface area is 66.6 Å². The van der Waals surface area contributed by atoms with E-state index in [1.807, 2.05) is 0 Å². The van der Waals surface area contributed by atoms with Crippen LogP contribution in [0.1, 0.15) is 0 Å². The van der Waals surface area contributed by atoms with Gasteiger partial charge in [0.1, 0.15) is 0 Å². The molecule has 0 aliphatic rings. The van der Waals surface area contributed by atoms with Gasteiger partial charge >= 0.3 is 66.2 Å². The molecular formula is C4H7NO2SSe. The van der Waals surface area contributed by atoms with E-state index < -0.39 is 12.0 Å². The Hall–Kier alpha value is 0.00948. The maximum atomic E-state index is 10.2. The predicted octanol–water partition coefficient (Wildman–Crippen LogP) is -1.11. The zero-order valence-electron chi connectivity index (χ0n) is 4.57. The summed E-state index contributed by atoms with van der Waals surface area (Å²) in [5, 5.41) is 12.4. The third-order valence-corrected chi connectivity index (χ3v) is 1.40. The van der Waals surface area contributed by atoms with Gasteiger partial charge in [0.15, 0.2) is 0 Å². The molecular weight excluding hydrogens is 205 g/mol. The van der Waals surface area contributed by atoms with Gasteiger partial charge in [-0.3, -0.25) is 0 Å². The van der Waals surface area contributed by atoms with Crippen LogP contribution in [-0.2, 0) is 4.79 Å². The van der Waals surface area contributed by atoms with Crippen LogP contribution in [0.25, 0.3) is 0 Å². The molecule has 0 aromatic rings. The fourth-order valence-corrected chi connectivity index (χ4v) is 0.890. The molecule has 52 valence electrons. The van der Waals surface area contributed by atoms with Gasteiger partial charge in [0, 0.05) is 0 Å². The monoisotopic (exact) mass is 213 g/mol. The number of carboxylic acids is 1. The average molecular weight is 212 g/mol. The van der Waals surface area contributed by atoms with E-state index in [2.05, 4.69) is 33.5 Å². The second kappa shape index (κ2) is 4.85. The molecule has 0 aliphatic heterocycles. The van der Waals surface area contributed by atoms with E-state index in [0.717, 1.165) is 0 Å². The molecule has 0 spiro atoms. The van der Waals surface area contributed by atoms with Gasteiger partial charge in [0.2, 0.25) is 0 Å². The van der Waals surface area contributed by atoms with Crippen molar-refractivity contribution in [3.63, 3.8) is 0 Å². The Bertz CT molecular complexity index is 119. The van der Waals surface area contributed by atoms with Crippen LogP contribution in [-0.4, -0.2) is 43.5 Å². The van der Waals surface area contributed by atoms with E-state index in [1.165, 1.54) is 5.04 Å². The number of carbonyl (C=O) groups is 1. The van der Waals surface area contributed by atoms with Crippen LogP contribution in [0.5, 0.6) is 0 Å². The Morgan fingerprint density at radius 3 is 2.67 bits per heavy atom. The number of nitrogens with one attached hydrogen (secondary N) is 1. The first-order valence-corrected chi connectivity index (χ1v) is 3.88. The fourth-order valence-electron chi connectivity index (χ4n) is 0.284. The Morgan fingerprint density at radius 2 is 2.56 bits per heavy atom. The number of carboxylic acid groups (broad SMARTS) is 1. The van der Waals surface area contributed by atoms with Crippen molar-refractivity contribution in [1.29, 1.82) is 0 Å². The van der Waals surface area contributed by atoms with Gasteiger partial charge in [-0.2, -0.15) is 0 Å². The molecule has 0 bridgehead atoms. The van der Waals surface area contributed by atoms with E-state index in [4.69, 9.17) is 5.11 Å². The van der Waals surface area contributed by atoms with Crippen molar-refractivity contribution in [2.24, 2.45) is 0 Å². The summed E-state index contributed by atoms with van der Waals surface area (Å²) in [7, 11) is 0. The Morgan fingerprint density at radius 1 is 2.00 bits per heavy atom. The van der Waals surface area contributed by atoms with E-state index in [0.29, 0.717) is 0 Å². The van der Waals surface area contributed by atoms with Crippen LogP contribution >= 0.6 is 12.6 Å². The summed E-state index contributed by atoms with van der Waals surface area (Å²) >= 11 is 6.34. The van der Waals surface area contributed by atoms with E-state index in [1.54, 1.807) is 0 Å². The van der Waals surface area contributed by atoms with Crippen molar-refractivity contribution < 1.29 is 9.90 Å². The Kier molecular flexibility index (Phi) is 4.85. The van der Waals surface area contributed by atoms with Gasteiger partial charge in [-0.1, -0.05) is 0 Å². The standard InChI is InChI=1S/C4H7NO2SSe/c6-4(7)3(1-8)5-2-9/h2-3,8H,1H2,(H,5,9)(H,6,7)/t3-/m0/s1. The van der Waals surface area contributed by atoms with Crippen LogP contribution in [0.2, 0.25) is 0 Å². The first-order valence-electron chi connectivity index (χ1n) is 2.25. The summed E-state index contributed by atoms with van der Waals surface area (Å²) in [4.78, 5) is 10.2. The van der Waals surface area contributed by atoms with Crippen molar-refractivity contribution in [3.05, 3.63) is 0 Å². The van der Waals surface area contributed by atoms with Crippen molar-refractivity contribution >= 4 is 39.2 Å². The van der Waals surface area contributed by atoms with Crippen LogP contribution in [0, 0.1) is 0 Å². The molecule has 0 heterocycles. The van der Waals surface area contributed by atoms with E-state index >= 15 is 0 Å². The van der Waals surface area contributed by atoms with E-state index in [9.17, 15) is 4.79 Å². The van der Waals surface area contributed by atoms with Gasteiger partial charge in [-0.15, -0.1) is 0 Å². The maximum absolute atomic E-state index is 10.2. The van der Waals surface area contributed by atoms with Crippen molar-refractivity contribution in [2.75, 3.05) is 5.75 Å². The molecule has 0 aromatic heterocycles. The zero-order chi connectivity index (χ0) is 7.28. The summed E-state index contributed by atoms with van der Waals surface area (Å²) in [5.74, 6) is -0.607. The first-order chi connectivity index (χ1) is 4.22. The van der Waals surface area contributed by atoms with Gasteiger partial charge in [0.25, 0.3) is 0 Å². The SMILES string of the molecule is O=C(O)[C@H](CS)NC=[Se]. The molecule has 0 unspecified atom stereocenters. The molecule has 0 radical (unpaired) electrons.